The predicted octanol–water partition coefficient (Wildman–Crippen LogP) is 5.36. The molecule has 31 heavy (non-hydrogen) atoms. The molecule has 0 saturated carbocycles. The molecular formula is C27H30O4. The van der Waals surface area contributed by atoms with Crippen LogP contribution in [0.15, 0.2) is 72.8 Å². The summed E-state index contributed by atoms with van der Waals surface area (Å²) in [6.45, 7) is 5.37. The Morgan fingerprint density at radius 3 is 2.13 bits per heavy atom. The lowest BCUT2D eigenvalue weighted by Crippen LogP contribution is -2.08. The van der Waals surface area contributed by atoms with Crippen molar-refractivity contribution in [3.05, 3.63) is 95.1 Å². The van der Waals surface area contributed by atoms with Crippen LogP contribution in [0.2, 0.25) is 0 Å². The Balaban J connectivity index is 1.49. The van der Waals surface area contributed by atoms with Gasteiger partial charge < -0.3 is 18.9 Å². The van der Waals surface area contributed by atoms with E-state index in [1.165, 1.54) is 11.1 Å². The number of epoxide rings is 1. The molecule has 162 valence electrons. The highest BCUT2D eigenvalue weighted by molar-refractivity contribution is 5.47. The van der Waals surface area contributed by atoms with Crippen LogP contribution in [0.3, 0.4) is 0 Å². The van der Waals surface area contributed by atoms with Crippen molar-refractivity contribution < 1.29 is 18.9 Å². The van der Waals surface area contributed by atoms with Crippen LogP contribution >= 0.6 is 0 Å². The van der Waals surface area contributed by atoms with Gasteiger partial charge in [0.25, 0.3) is 0 Å². The van der Waals surface area contributed by atoms with Crippen LogP contribution < -0.4 is 9.47 Å². The lowest BCUT2D eigenvalue weighted by Gasteiger charge is -2.18. The minimum Gasteiger partial charge on any atom is -0.489 e. The molecule has 0 spiro atoms. The molecular weight excluding hydrogens is 388 g/mol. The van der Waals surface area contributed by atoms with Crippen LogP contribution in [-0.4, -0.2) is 25.9 Å². The van der Waals surface area contributed by atoms with Gasteiger partial charge in [-0.2, -0.15) is 0 Å². The zero-order chi connectivity index (χ0) is 21.3. The zero-order valence-electron chi connectivity index (χ0n) is 18.1. The molecule has 4 nitrogen and oxygen atoms in total. The third kappa shape index (κ3) is 6.58. The van der Waals surface area contributed by atoms with E-state index in [2.05, 4.69) is 37.3 Å². The number of benzene rings is 3. The summed E-state index contributed by atoms with van der Waals surface area (Å²) >= 11 is 0. The monoisotopic (exact) mass is 418 g/mol. The summed E-state index contributed by atoms with van der Waals surface area (Å²) in [4.78, 5) is 0. The molecule has 0 aliphatic carbocycles. The van der Waals surface area contributed by atoms with E-state index in [4.69, 9.17) is 18.9 Å². The van der Waals surface area contributed by atoms with Crippen LogP contribution in [0, 0.1) is 0 Å². The first-order valence-corrected chi connectivity index (χ1v) is 11.0. The largest absolute Gasteiger partial charge is 0.489 e. The summed E-state index contributed by atoms with van der Waals surface area (Å²) in [6.07, 6.45) is 2.00. The summed E-state index contributed by atoms with van der Waals surface area (Å²) in [5.41, 5.74) is 4.72. The Bertz CT molecular complexity index is 936. The number of hydrogen-bond acceptors (Lipinski definition) is 4. The lowest BCUT2D eigenvalue weighted by atomic mass is 10.0. The average Bonchev–Trinajstić information content (AvgIpc) is 3.65. The first kappa shape index (κ1) is 21.4. The van der Waals surface area contributed by atoms with Gasteiger partial charge in [-0.15, -0.1) is 0 Å². The maximum Gasteiger partial charge on any atom is 0.126 e. The third-order valence-corrected chi connectivity index (χ3v) is 5.34. The normalized spacial score (nSPS) is 14.9. The first-order valence-electron chi connectivity index (χ1n) is 11.0. The molecule has 0 radical (unpaired) electrons. The van der Waals surface area contributed by atoms with Crippen molar-refractivity contribution in [1.29, 1.82) is 0 Å². The summed E-state index contributed by atoms with van der Waals surface area (Å²) in [7, 11) is 0. The predicted molar refractivity (Wildman–Crippen MR) is 122 cm³/mol. The van der Waals surface area contributed by atoms with Crippen molar-refractivity contribution in [3.63, 3.8) is 0 Å². The number of ether oxygens (including phenoxy) is 4. The smallest absolute Gasteiger partial charge is 0.126 e. The van der Waals surface area contributed by atoms with Crippen LogP contribution in [-0.2, 0) is 35.5 Å². The quantitative estimate of drug-likeness (QED) is 0.293. The number of hydrogen-bond donors (Lipinski definition) is 0. The highest BCUT2D eigenvalue weighted by atomic mass is 16.6. The Morgan fingerprint density at radius 2 is 1.52 bits per heavy atom. The Morgan fingerprint density at radius 1 is 0.871 bits per heavy atom. The topological polar surface area (TPSA) is 40.2 Å². The van der Waals surface area contributed by atoms with Crippen LogP contribution in [0.4, 0.5) is 0 Å². The van der Waals surface area contributed by atoms with Gasteiger partial charge >= 0.3 is 0 Å². The molecule has 4 heteroatoms. The van der Waals surface area contributed by atoms with E-state index in [1.54, 1.807) is 0 Å². The highest BCUT2D eigenvalue weighted by Gasteiger charge is 2.22. The van der Waals surface area contributed by atoms with Gasteiger partial charge in [-0.1, -0.05) is 67.6 Å². The fourth-order valence-electron chi connectivity index (χ4n) is 3.55. The van der Waals surface area contributed by atoms with Gasteiger partial charge in [0.2, 0.25) is 0 Å². The molecule has 0 N–H and O–H groups in total. The van der Waals surface area contributed by atoms with Gasteiger partial charge in [0.15, 0.2) is 0 Å². The van der Waals surface area contributed by atoms with E-state index in [9.17, 15) is 0 Å². The van der Waals surface area contributed by atoms with Crippen molar-refractivity contribution in [3.8, 4) is 11.5 Å². The zero-order valence-corrected chi connectivity index (χ0v) is 18.1. The molecule has 0 bridgehead atoms. The molecule has 0 aromatic heterocycles. The molecule has 3 aromatic carbocycles. The molecule has 4 rings (SSSR count). The third-order valence-electron chi connectivity index (χ3n) is 5.34. The van der Waals surface area contributed by atoms with Gasteiger partial charge in [-0.25, -0.2) is 0 Å². The van der Waals surface area contributed by atoms with Crippen molar-refractivity contribution in [2.75, 3.05) is 19.8 Å². The summed E-state index contributed by atoms with van der Waals surface area (Å²) < 4.78 is 23.4. The maximum atomic E-state index is 6.26. The Hall–Kier alpha value is -2.82. The standard InChI is InChI=1S/C27H30O4/c1-2-26-23(13-14-28-19-25-20-30-25)15-24(29-17-21-9-5-3-6-10-21)16-27(26)31-18-22-11-7-4-8-12-22/h3-12,15-16,25H,2,13-14,17-20H2,1H3. The minimum atomic E-state index is 0.288. The van der Waals surface area contributed by atoms with E-state index >= 15 is 0 Å². The maximum absolute atomic E-state index is 6.26. The molecule has 1 atom stereocenters. The van der Waals surface area contributed by atoms with Gasteiger partial charge in [0, 0.05) is 6.07 Å². The molecule has 1 aliphatic heterocycles. The van der Waals surface area contributed by atoms with E-state index in [-0.39, 0.29) is 6.10 Å². The summed E-state index contributed by atoms with van der Waals surface area (Å²) in [5.74, 6) is 1.71. The average molecular weight is 419 g/mol. The van der Waals surface area contributed by atoms with E-state index in [0.717, 1.165) is 42.1 Å². The summed E-state index contributed by atoms with van der Waals surface area (Å²) in [5, 5.41) is 0. The SMILES string of the molecule is CCc1c(CCOCC2CO2)cc(OCc2ccccc2)cc1OCc1ccccc1. The Kier molecular flexibility index (Phi) is 7.59. The lowest BCUT2D eigenvalue weighted by molar-refractivity contribution is 0.119. The highest BCUT2D eigenvalue weighted by Crippen LogP contribution is 2.31. The molecule has 0 amide bonds. The molecule has 3 aromatic rings. The second kappa shape index (κ2) is 11.0. The molecule has 1 fully saturated rings. The van der Waals surface area contributed by atoms with Gasteiger partial charge in [-0.05, 0) is 41.2 Å². The van der Waals surface area contributed by atoms with E-state index in [1.807, 2.05) is 42.5 Å². The second-order valence-electron chi connectivity index (χ2n) is 7.74. The molecule has 1 unspecified atom stereocenters. The van der Waals surface area contributed by atoms with Crippen molar-refractivity contribution in [2.45, 2.75) is 39.1 Å². The number of rotatable bonds is 12. The van der Waals surface area contributed by atoms with Crippen LogP contribution in [0.1, 0.15) is 29.2 Å². The fourth-order valence-corrected chi connectivity index (χ4v) is 3.55. The van der Waals surface area contributed by atoms with E-state index in [0.29, 0.717) is 26.4 Å². The minimum absolute atomic E-state index is 0.288. The Labute approximate surface area is 184 Å². The van der Waals surface area contributed by atoms with Gasteiger partial charge in [0.05, 0.1) is 19.8 Å². The molecule has 1 saturated heterocycles. The fraction of sp³-hybridized carbons (Fsp3) is 0.333. The van der Waals surface area contributed by atoms with E-state index < -0.39 is 0 Å². The van der Waals surface area contributed by atoms with Crippen LogP contribution in [0.25, 0.3) is 0 Å². The second-order valence-corrected chi connectivity index (χ2v) is 7.74. The van der Waals surface area contributed by atoms with Crippen molar-refractivity contribution >= 4 is 0 Å². The van der Waals surface area contributed by atoms with Crippen molar-refractivity contribution in [1.82, 2.24) is 0 Å². The van der Waals surface area contributed by atoms with Gasteiger partial charge in [-0.3, -0.25) is 0 Å². The first-order chi connectivity index (χ1) is 15.3. The molecule has 1 aliphatic rings. The summed E-state index contributed by atoms with van der Waals surface area (Å²) in [6, 6.07) is 24.6. The van der Waals surface area contributed by atoms with Gasteiger partial charge in [0.1, 0.15) is 30.8 Å². The molecule has 1 heterocycles. The van der Waals surface area contributed by atoms with Crippen molar-refractivity contribution in [2.24, 2.45) is 0 Å². The van der Waals surface area contributed by atoms with Crippen LogP contribution in [0.5, 0.6) is 11.5 Å².